The van der Waals surface area contributed by atoms with E-state index in [4.69, 9.17) is 4.52 Å². The zero-order valence-electron chi connectivity index (χ0n) is 8.98. The molecule has 0 spiro atoms. The molecule has 2 heterocycles. The molecule has 0 aromatic carbocycles. The largest absolute Gasteiger partial charge is 0.861 e. The second-order valence-electron chi connectivity index (χ2n) is 3.04. The van der Waals surface area contributed by atoms with Gasteiger partial charge in [-0.15, -0.1) is 0 Å². The Bertz CT molecular complexity index is 513. The van der Waals surface area contributed by atoms with E-state index in [0.29, 0.717) is 5.16 Å². The van der Waals surface area contributed by atoms with Crippen molar-refractivity contribution < 1.29 is 14.3 Å². The summed E-state index contributed by atoms with van der Waals surface area (Å²) in [5.74, 6) is 0.0281. The average molecular weight is 251 g/mol. The number of rotatable bonds is 4. The van der Waals surface area contributed by atoms with Gasteiger partial charge in [0, 0.05) is 18.1 Å². The molecule has 8 heteroatoms. The van der Waals surface area contributed by atoms with E-state index in [1.165, 1.54) is 22.6 Å². The number of aromatic nitrogens is 4. The summed E-state index contributed by atoms with van der Waals surface area (Å²) in [7, 11) is 1.68. The third kappa shape index (κ3) is 3.52. The molecule has 0 atom stereocenters. The molecule has 0 aliphatic heterocycles. The lowest BCUT2D eigenvalue weighted by Crippen LogP contribution is -2.27. The van der Waals surface area contributed by atoms with E-state index >= 15 is 0 Å². The molecule has 2 aromatic heterocycles. The van der Waals surface area contributed by atoms with E-state index in [1.54, 1.807) is 25.5 Å². The fourth-order valence-corrected chi connectivity index (χ4v) is 1.59. The van der Waals surface area contributed by atoms with Crippen LogP contribution >= 0.6 is 11.8 Å². The van der Waals surface area contributed by atoms with E-state index in [1.807, 2.05) is 0 Å². The van der Waals surface area contributed by atoms with Crippen LogP contribution in [0.1, 0.15) is 0 Å². The monoisotopic (exact) mass is 251 g/mol. The molecule has 2 aromatic rings. The van der Waals surface area contributed by atoms with E-state index in [9.17, 15) is 5.11 Å². The molecule has 7 nitrogen and oxygen atoms in total. The molecule has 0 aliphatic rings. The molecular weight excluding hydrogens is 242 g/mol. The summed E-state index contributed by atoms with van der Waals surface area (Å²) in [6.07, 6.45) is 4.75. The second-order valence-corrected chi connectivity index (χ2v) is 3.98. The molecule has 0 aliphatic carbocycles. The van der Waals surface area contributed by atoms with Crippen LogP contribution in [0.4, 0.5) is 5.88 Å². The first-order valence-corrected chi connectivity index (χ1v) is 5.69. The van der Waals surface area contributed by atoms with Crippen LogP contribution in [0.2, 0.25) is 0 Å². The summed E-state index contributed by atoms with van der Waals surface area (Å²) in [6, 6.07) is 1.71. The number of aryl methyl sites for hydroxylation is 1. The van der Waals surface area contributed by atoms with Gasteiger partial charge in [-0.3, -0.25) is 4.52 Å². The molecule has 88 valence electrons. The van der Waals surface area contributed by atoms with Gasteiger partial charge >= 0.3 is 5.88 Å². The maximum Gasteiger partial charge on any atom is 0.320 e. The summed E-state index contributed by atoms with van der Waals surface area (Å²) in [5, 5.41) is 15.5. The van der Waals surface area contributed by atoms with Gasteiger partial charge in [-0.25, -0.2) is 15.0 Å². The summed E-state index contributed by atoms with van der Waals surface area (Å²) in [4.78, 5) is 11.7. The van der Waals surface area contributed by atoms with Crippen molar-refractivity contribution in [2.24, 2.45) is 12.0 Å². The Morgan fingerprint density at radius 1 is 1.53 bits per heavy atom. The highest BCUT2D eigenvalue weighted by molar-refractivity contribution is 7.99. The number of hydrogen-bond acceptors (Lipinski definition) is 7. The SMILES string of the molecule is C[n+]1cc(/N=C(/[O-])CSc2ncccn2)on1. The number of aliphatic imine (C=N–C) groups is 1. The van der Waals surface area contributed by atoms with Crippen LogP contribution in [0.25, 0.3) is 0 Å². The van der Waals surface area contributed by atoms with Crippen molar-refractivity contribution in [3.63, 3.8) is 0 Å². The molecule has 0 amide bonds. The van der Waals surface area contributed by atoms with Crippen molar-refractivity contribution in [3.05, 3.63) is 24.7 Å². The van der Waals surface area contributed by atoms with Gasteiger partial charge in [0.2, 0.25) is 0 Å². The molecule has 0 unspecified atom stereocenters. The number of nitrogens with zero attached hydrogens (tertiary/aromatic N) is 5. The lowest BCUT2D eigenvalue weighted by atomic mass is 10.7. The smallest absolute Gasteiger partial charge is 0.320 e. The molecule has 17 heavy (non-hydrogen) atoms. The van der Waals surface area contributed by atoms with Crippen LogP contribution < -0.4 is 9.79 Å². The molecule has 0 fully saturated rings. The first kappa shape index (κ1) is 11.5. The standard InChI is InChI=1S/C9H9N5O2S/c1-14-5-8(16-13-14)12-7(15)6-17-9-10-3-2-4-11-9/h2-5H,6H2,1H3. The normalized spacial score (nSPS) is 11.7. The van der Waals surface area contributed by atoms with Gasteiger partial charge in [-0.1, -0.05) is 16.4 Å². The Balaban J connectivity index is 1.93. The van der Waals surface area contributed by atoms with Crippen molar-refractivity contribution in [1.29, 1.82) is 0 Å². The van der Waals surface area contributed by atoms with E-state index in [-0.39, 0.29) is 17.5 Å². The van der Waals surface area contributed by atoms with Gasteiger partial charge in [0.15, 0.2) is 17.5 Å². The van der Waals surface area contributed by atoms with Crippen LogP contribution in [0, 0.1) is 0 Å². The van der Waals surface area contributed by atoms with Crippen molar-refractivity contribution in [3.8, 4) is 0 Å². The summed E-state index contributed by atoms with van der Waals surface area (Å²) >= 11 is 1.22. The minimum absolute atomic E-state index is 0.161. The topological polar surface area (TPSA) is 91.1 Å². The Labute approximate surface area is 101 Å². The fourth-order valence-electron chi connectivity index (χ4n) is 1.00. The zero-order valence-corrected chi connectivity index (χ0v) is 9.79. The Morgan fingerprint density at radius 3 is 2.94 bits per heavy atom. The van der Waals surface area contributed by atoms with Gasteiger partial charge in [0.05, 0.1) is 0 Å². The third-order valence-corrected chi connectivity index (χ3v) is 2.52. The molecule has 0 radical (unpaired) electrons. The highest BCUT2D eigenvalue weighted by Gasteiger charge is 2.04. The first-order valence-electron chi connectivity index (χ1n) is 4.71. The summed E-state index contributed by atoms with van der Waals surface area (Å²) in [5.41, 5.74) is 0. The average Bonchev–Trinajstić information content (AvgIpc) is 2.73. The molecule has 0 saturated heterocycles. The van der Waals surface area contributed by atoms with Crippen molar-refractivity contribution in [2.75, 3.05) is 5.75 Å². The van der Waals surface area contributed by atoms with Crippen LogP contribution in [0.15, 0.2) is 39.3 Å². The molecular formula is C9H9N5O2S. The lowest BCUT2D eigenvalue weighted by molar-refractivity contribution is -0.739. The van der Waals surface area contributed by atoms with Gasteiger partial charge in [0.1, 0.15) is 0 Å². The minimum Gasteiger partial charge on any atom is -0.861 e. The first-order chi connectivity index (χ1) is 8.24. The van der Waals surface area contributed by atoms with Crippen molar-refractivity contribution in [2.45, 2.75) is 5.16 Å². The van der Waals surface area contributed by atoms with Crippen LogP contribution in [0.3, 0.4) is 0 Å². The number of thioether (sulfide) groups is 1. The highest BCUT2D eigenvalue weighted by Crippen LogP contribution is 2.12. The second kappa shape index (κ2) is 5.39. The summed E-state index contributed by atoms with van der Waals surface area (Å²) < 4.78 is 6.20. The maximum absolute atomic E-state index is 11.5. The minimum atomic E-state index is -0.320. The van der Waals surface area contributed by atoms with Crippen LogP contribution in [-0.4, -0.2) is 26.9 Å². The van der Waals surface area contributed by atoms with Crippen LogP contribution in [-0.2, 0) is 7.05 Å². The Morgan fingerprint density at radius 2 is 2.29 bits per heavy atom. The molecule has 0 saturated carbocycles. The fraction of sp³-hybridized carbons (Fsp3) is 0.222. The van der Waals surface area contributed by atoms with Crippen LogP contribution in [0.5, 0.6) is 0 Å². The molecule has 0 bridgehead atoms. The predicted octanol–water partition coefficient (Wildman–Crippen LogP) is -0.528. The summed E-state index contributed by atoms with van der Waals surface area (Å²) in [6.45, 7) is 0. The van der Waals surface area contributed by atoms with E-state index in [2.05, 4.69) is 20.2 Å². The third-order valence-electron chi connectivity index (χ3n) is 1.66. The Hall–Kier alpha value is -1.96. The van der Waals surface area contributed by atoms with Gasteiger partial charge < -0.3 is 5.11 Å². The van der Waals surface area contributed by atoms with Gasteiger partial charge in [-0.05, 0) is 12.0 Å². The van der Waals surface area contributed by atoms with E-state index in [0.717, 1.165) is 0 Å². The van der Waals surface area contributed by atoms with Crippen molar-refractivity contribution in [1.82, 2.24) is 15.2 Å². The predicted molar refractivity (Wildman–Crippen MR) is 57.5 cm³/mol. The van der Waals surface area contributed by atoms with E-state index < -0.39 is 0 Å². The molecule has 2 rings (SSSR count). The van der Waals surface area contributed by atoms with Gasteiger partial charge in [-0.2, -0.15) is 0 Å². The zero-order chi connectivity index (χ0) is 12.1. The quantitative estimate of drug-likeness (QED) is 0.238. The lowest BCUT2D eigenvalue weighted by Gasteiger charge is -2.06. The molecule has 0 N–H and O–H groups in total. The van der Waals surface area contributed by atoms with Crippen molar-refractivity contribution >= 4 is 23.5 Å². The van der Waals surface area contributed by atoms with Gasteiger partial charge in [0.25, 0.3) is 6.20 Å². The highest BCUT2D eigenvalue weighted by atomic mass is 32.2. The maximum atomic E-state index is 11.5. The number of hydrogen-bond donors (Lipinski definition) is 0. The Kier molecular flexibility index (Phi) is 3.66.